The predicted molar refractivity (Wildman–Crippen MR) is 89.6 cm³/mol. The summed E-state index contributed by atoms with van der Waals surface area (Å²) in [5.74, 6) is 6.29. The summed E-state index contributed by atoms with van der Waals surface area (Å²) in [6.07, 6.45) is 9.65. The van der Waals surface area contributed by atoms with Gasteiger partial charge in [0.05, 0.1) is 0 Å². The second kappa shape index (κ2) is 6.67. The molecule has 2 rings (SSSR count). The molecule has 7 unspecified atom stereocenters. The molecule has 0 N–H and O–H groups in total. The third kappa shape index (κ3) is 2.85. The second-order valence-corrected chi connectivity index (χ2v) is 7.91. The standard InChI is InChI=1S/C20H36/c1-7-9-17-11-13(3)20-15(5)14(4)18(10-8-2)12-19(20)16(17)6/h12-17,19-20H,7-11H2,1-6H3. The highest BCUT2D eigenvalue weighted by molar-refractivity contribution is 5.17. The van der Waals surface area contributed by atoms with Gasteiger partial charge in [0.15, 0.2) is 0 Å². The fourth-order valence-corrected chi connectivity index (χ4v) is 5.45. The zero-order valence-corrected chi connectivity index (χ0v) is 14.7. The minimum Gasteiger partial charge on any atom is -0.0814 e. The summed E-state index contributed by atoms with van der Waals surface area (Å²) in [5, 5.41) is 0. The Morgan fingerprint density at radius 1 is 1.00 bits per heavy atom. The van der Waals surface area contributed by atoms with Crippen molar-refractivity contribution in [2.75, 3.05) is 0 Å². The minimum atomic E-state index is 0.813. The molecule has 0 bridgehead atoms. The van der Waals surface area contributed by atoms with Crippen LogP contribution >= 0.6 is 0 Å². The van der Waals surface area contributed by atoms with Crippen molar-refractivity contribution < 1.29 is 0 Å². The summed E-state index contributed by atoms with van der Waals surface area (Å²) < 4.78 is 0. The Bertz CT molecular complexity index is 340. The molecule has 0 heterocycles. The third-order valence-electron chi connectivity index (χ3n) is 6.71. The Kier molecular flexibility index (Phi) is 5.37. The van der Waals surface area contributed by atoms with Crippen molar-refractivity contribution in [3.63, 3.8) is 0 Å². The number of rotatable bonds is 4. The molecule has 0 nitrogen and oxygen atoms in total. The second-order valence-electron chi connectivity index (χ2n) is 7.91. The van der Waals surface area contributed by atoms with E-state index in [0.29, 0.717) is 0 Å². The summed E-state index contributed by atoms with van der Waals surface area (Å²) in [6, 6.07) is 0. The van der Waals surface area contributed by atoms with Gasteiger partial charge in [-0.25, -0.2) is 0 Å². The molecule has 7 atom stereocenters. The first-order valence-corrected chi connectivity index (χ1v) is 9.21. The van der Waals surface area contributed by atoms with Crippen molar-refractivity contribution in [1.82, 2.24) is 0 Å². The van der Waals surface area contributed by atoms with Gasteiger partial charge in [0.2, 0.25) is 0 Å². The maximum Gasteiger partial charge on any atom is -0.0169 e. The van der Waals surface area contributed by atoms with Crippen LogP contribution in [0.1, 0.15) is 73.6 Å². The highest BCUT2D eigenvalue weighted by Gasteiger charge is 2.45. The zero-order valence-electron chi connectivity index (χ0n) is 14.7. The van der Waals surface area contributed by atoms with E-state index in [9.17, 15) is 0 Å². The Morgan fingerprint density at radius 3 is 2.30 bits per heavy atom. The van der Waals surface area contributed by atoms with Crippen LogP contribution in [-0.2, 0) is 0 Å². The van der Waals surface area contributed by atoms with Gasteiger partial charge in [-0.2, -0.15) is 0 Å². The van der Waals surface area contributed by atoms with Gasteiger partial charge in [-0.3, -0.25) is 0 Å². The summed E-state index contributed by atoms with van der Waals surface area (Å²) >= 11 is 0. The van der Waals surface area contributed by atoms with Gasteiger partial charge in [0.25, 0.3) is 0 Å². The van der Waals surface area contributed by atoms with Gasteiger partial charge in [-0.05, 0) is 54.3 Å². The Hall–Kier alpha value is -0.260. The molecular formula is C20H36. The normalized spacial score (nSPS) is 44.9. The molecule has 0 aromatic carbocycles. The molecule has 1 saturated carbocycles. The first-order chi connectivity index (χ1) is 9.51. The van der Waals surface area contributed by atoms with E-state index in [1.54, 1.807) is 5.57 Å². The largest absolute Gasteiger partial charge is 0.0814 e. The molecule has 0 aromatic rings. The summed E-state index contributed by atoms with van der Waals surface area (Å²) in [7, 11) is 0. The lowest BCUT2D eigenvalue weighted by Crippen LogP contribution is -2.44. The van der Waals surface area contributed by atoms with Crippen LogP contribution in [0.15, 0.2) is 11.6 Å². The maximum atomic E-state index is 2.74. The van der Waals surface area contributed by atoms with Gasteiger partial charge in [-0.1, -0.05) is 72.5 Å². The van der Waals surface area contributed by atoms with E-state index in [-0.39, 0.29) is 0 Å². The molecule has 0 saturated heterocycles. The van der Waals surface area contributed by atoms with E-state index < -0.39 is 0 Å². The van der Waals surface area contributed by atoms with Crippen LogP contribution in [0.4, 0.5) is 0 Å². The van der Waals surface area contributed by atoms with Gasteiger partial charge in [0, 0.05) is 0 Å². The van der Waals surface area contributed by atoms with Gasteiger partial charge in [-0.15, -0.1) is 0 Å². The van der Waals surface area contributed by atoms with E-state index in [1.807, 2.05) is 0 Å². The van der Waals surface area contributed by atoms with E-state index in [1.165, 1.54) is 32.1 Å². The maximum absolute atomic E-state index is 2.74. The van der Waals surface area contributed by atoms with Gasteiger partial charge in [0.1, 0.15) is 0 Å². The van der Waals surface area contributed by atoms with Crippen molar-refractivity contribution >= 4 is 0 Å². The van der Waals surface area contributed by atoms with Crippen LogP contribution in [0, 0.1) is 41.4 Å². The van der Waals surface area contributed by atoms with E-state index in [2.05, 4.69) is 47.6 Å². The molecule has 2 aliphatic rings. The quantitative estimate of drug-likeness (QED) is 0.527. The van der Waals surface area contributed by atoms with E-state index in [0.717, 1.165) is 41.4 Å². The summed E-state index contributed by atoms with van der Waals surface area (Å²) in [5.41, 5.74) is 1.78. The SMILES string of the molecule is CCCC1=CC2C(C)C(CCC)CC(C)C2C(C)C1C. The predicted octanol–water partition coefficient (Wildman–Crippen LogP) is 6.32. The first kappa shape index (κ1) is 16.1. The third-order valence-corrected chi connectivity index (χ3v) is 6.71. The molecule has 116 valence electrons. The lowest BCUT2D eigenvalue weighted by Gasteiger charge is -2.51. The molecule has 0 spiro atoms. The van der Waals surface area contributed by atoms with Crippen LogP contribution in [-0.4, -0.2) is 0 Å². The summed E-state index contributed by atoms with van der Waals surface area (Å²) in [4.78, 5) is 0. The molecule has 20 heavy (non-hydrogen) atoms. The molecule has 0 heteroatoms. The number of allylic oxidation sites excluding steroid dienone is 2. The molecular weight excluding hydrogens is 240 g/mol. The van der Waals surface area contributed by atoms with Crippen molar-refractivity contribution in [2.24, 2.45) is 41.4 Å². The van der Waals surface area contributed by atoms with Crippen LogP contribution in [0.25, 0.3) is 0 Å². The minimum absolute atomic E-state index is 0.813. The fourth-order valence-electron chi connectivity index (χ4n) is 5.45. The Labute approximate surface area is 127 Å². The van der Waals surface area contributed by atoms with E-state index >= 15 is 0 Å². The molecule has 0 aliphatic heterocycles. The number of hydrogen-bond acceptors (Lipinski definition) is 0. The lowest BCUT2D eigenvalue weighted by atomic mass is 9.54. The van der Waals surface area contributed by atoms with Crippen LogP contribution < -0.4 is 0 Å². The lowest BCUT2D eigenvalue weighted by molar-refractivity contribution is 0.0205. The average molecular weight is 277 g/mol. The van der Waals surface area contributed by atoms with Gasteiger partial charge >= 0.3 is 0 Å². The molecule has 1 fully saturated rings. The zero-order chi connectivity index (χ0) is 14.9. The molecule has 0 radical (unpaired) electrons. The highest BCUT2D eigenvalue weighted by Crippen LogP contribution is 2.53. The van der Waals surface area contributed by atoms with Gasteiger partial charge < -0.3 is 0 Å². The molecule has 0 amide bonds. The van der Waals surface area contributed by atoms with E-state index in [4.69, 9.17) is 0 Å². The average Bonchev–Trinajstić information content (AvgIpc) is 2.41. The van der Waals surface area contributed by atoms with Crippen molar-refractivity contribution in [3.8, 4) is 0 Å². The number of hydrogen-bond donors (Lipinski definition) is 0. The first-order valence-electron chi connectivity index (χ1n) is 9.21. The molecule has 2 aliphatic carbocycles. The van der Waals surface area contributed by atoms with Crippen LogP contribution in [0.5, 0.6) is 0 Å². The molecule has 0 aromatic heterocycles. The summed E-state index contributed by atoms with van der Waals surface area (Å²) in [6.45, 7) is 14.8. The number of fused-ring (bicyclic) bond motifs is 1. The monoisotopic (exact) mass is 276 g/mol. The van der Waals surface area contributed by atoms with Crippen molar-refractivity contribution in [1.29, 1.82) is 0 Å². The van der Waals surface area contributed by atoms with Crippen molar-refractivity contribution in [2.45, 2.75) is 73.6 Å². The highest BCUT2D eigenvalue weighted by atomic mass is 14.5. The topological polar surface area (TPSA) is 0 Å². The van der Waals surface area contributed by atoms with Crippen molar-refractivity contribution in [3.05, 3.63) is 11.6 Å². The Balaban J connectivity index is 2.27. The smallest absolute Gasteiger partial charge is 0.0169 e. The van der Waals surface area contributed by atoms with Crippen LogP contribution in [0.3, 0.4) is 0 Å². The van der Waals surface area contributed by atoms with Crippen LogP contribution in [0.2, 0.25) is 0 Å². The fraction of sp³-hybridized carbons (Fsp3) is 0.900. The Morgan fingerprint density at radius 2 is 1.70 bits per heavy atom.